The fourth-order valence-electron chi connectivity index (χ4n) is 2.97. The molecule has 41 heavy (non-hydrogen) atoms. The first-order valence-electron chi connectivity index (χ1n) is 13.1. The van der Waals surface area contributed by atoms with E-state index < -0.39 is 41.6 Å². The Labute approximate surface area is 239 Å². The lowest BCUT2D eigenvalue weighted by Gasteiger charge is -2.18. The van der Waals surface area contributed by atoms with Crippen LogP contribution in [0.1, 0.15) is 72.9 Å². The van der Waals surface area contributed by atoms with Crippen LogP contribution < -0.4 is 5.73 Å². The molecular weight excluding hydrogens is 551 g/mol. The van der Waals surface area contributed by atoms with Crippen LogP contribution in [0.3, 0.4) is 0 Å². The lowest BCUT2D eigenvalue weighted by atomic mass is 9.94. The van der Waals surface area contributed by atoms with Gasteiger partial charge >= 0.3 is 6.18 Å². The minimum atomic E-state index is -4.74. The van der Waals surface area contributed by atoms with Crippen molar-refractivity contribution in [1.29, 1.82) is 0 Å². The molecule has 0 aliphatic heterocycles. The van der Waals surface area contributed by atoms with Gasteiger partial charge in [0.05, 0.1) is 13.2 Å². The van der Waals surface area contributed by atoms with Crippen LogP contribution in [0.4, 0.5) is 30.7 Å². The van der Waals surface area contributed by atoms with Crippen molar-refractivity contribution in [3.05, 3.63) is 106 Å². The Hall–Kier alpha value is -3.11. The van der Waals surface area contributed by atoms with Crippen molar-refractivity contribution in [2.75, 3.05) is 7.11 Å². The molecule has 2 atom stereocenters. The Bertz CT molecular complexity index is 1090. The summed E-state index contributed by atoms with van der Waals surface area (Å²) in [6.45, 7) is 13.2. The Balaban J connectivity index is 0. The monoisotopic (exact) mass is 593 g/mol. The number of methoxy groups -OCH3 is 1. The second kappa shape index (κ2) is 20.7. The molecule has 0 fully saturated rings. The van der Waals surface area contributed by atoms with E-state index in [0.717, 1.165) is 5.57 Å². The SMILES string of the molecule is C/C=C(\C=C/C(=C(C)C)C(N)c1ccc(F)cc1)C(O)C(F)(F)F.CC.CCC.COC1=C(F)C(F)=C(F)CC=C1. The average Bonchev–Trinajstić information content (AvgIpc) is 3.05. The van der Waals surface area contributed by atoms with Gasteiger partial charge in [0.1, 0.15) is 11.6 Å². The third kappa shape index (κ3) is 14.4. The molecule has 0 aromatic heterocycles. The Morgan fingerprint density at radius 1 is 1.00 bits per heavy atom. The predicted molar refractivity (Wildman–Crippen MR) is 152 cm³/mol. The van der Waals surface area contributed by atoms with Crippen molar-refractivity contribution in [1.82, 2.24) is 0 Å². The van der Waals surface area contributed by atoms with Crippen LogP contribution in [-0.4, -0.2) is 24.5 Å². The van der Waals surface area contributed by atoms with E-state index in [1.807, 2.05) is 13.8 Å². The Morgan fingerprint density at radius 3 is 1.93 bits per heavy atom. The summed E-state index contributed by atoms with van der Waals surface area (Å²) in [6.07, 6.45) is 0.0435. The fourth-order valence-corrected chi connectivity index (χ4v) is 2.97. The van der Waals surface area contributed by atoms with Gasteiger partial charge in [-0.1, -0.05) is 76.1 Å². The molecule has 3 N–H and O–H groups in total. The second-order valence-corrected chi connectivity index (χ2v) is 8.47. The molecule has 2 unspecified atom stereocenters. The summed E-state index contributed by atoms with van der Waals surface area (Å²) in [6, 6.07) is 4.97. The summed E-state index contributed by atoms with van der Waals surface area (Å²) < 4.78 is 93.3. The van der Waals surface area contributed by atoms with E-state index in [1.54, 1.807) is 13.8 Å². The summed E-state index contributed by atoms with van der Waals surface area (Å²) in [4.78, 5) is 0. The molecule has 0 bridgehead atoms. The number of rotatable bonds is 6. The van der Waals surface area contributed by atoms with Crippen LogP contribution in [0.2, 0.25) is 0 Å². The molecule has 0 spiro atoms. The standard InChI is InChI=1S/C18H21F4NO.C8H7F3O.C3H8.C2H6/c1-4-12(17(24)18(20,21)22)7-10-15(11(2)3)16(23)13-5-8-14(19)9-6-13;1-12-6-4-2-3-5(9)7(10)8(6)11;1-3-2;1-2/h4-10,16-17,24H,23H2,1-3H3;2,4H,3H2,1H3;3H2,1-2H3;1-2H3/b10-7-,12-4+;;;. The smallest absolute Gasteiger partial charge is 0.418 e. The van der Waals surface area contributed by atoms with E-state index in [4.69, 9.17) is 5.73 Å². The first kappa shape index (κ1) is 40.0. The van der Waals surface area contributed by atoms with E-state index in [-0.39, 0.29) is 17.8 Å². The zero-order chi connectivity index (χ0) is 32.3. The number of aliphatic hydroxyl groups is 1. The highest BCUT2D eigenvalue weighted by Gasteiger charge is 2.39. The highest BCUT2D eigenvalue weighted by Crippen LogP contribution is 2.29. The van der Waals surface area contributed by atoms with Crippen molar-refractivity contribution < 1.29 is 40.6 Å². The summed E-state index contributed by atoms with van der Waals surface area (Å²) in [5.41, 5.74) is 7.91. The lowest BCUT2D eigenvalue weighted by Crippen LogP contribution is -2.29. The molecule has 0 saturated heterocycles. The van der Waals surface area contributed by atoms with Gasteiger partial charge in [-0.3, -0.25) is 0 Å². The summed E-state index contributed by atoms with van der Waals surface area (Å²) in [7, 11) is 1.19. The van der Waals surface area contributed by atoms with Gasteiger partial charge in [-0.05, 0) is 55.7 Å². The molecule has 1 aromatic carbocycles. The van der Waals surface area contributed by atoms with E-state index in [2.05, 4.69) is 18.6 Å². The number of hydrogen-bond acceptors (Lipinski definition) is 3. The molecular formula is C31H42F7NO2. The fraction of sp³-hybridized carbons (Fsp3) is 0.419. The maximum Gasteiger partial charge on any atom is 0.418 e. The molecule has 0 radical (unpaired) electrons. The van der Waals surface area contributed by atoms with Crippen LogP contribution in [0, 0.1) is 5.82 Å². The van der Waals surface area contributed by atoms with Crippen LogP contribution >= 0.6 is 0 Å². The average molecular weight is 594 g/mol. The van der Waals surface area contributed by atoms with Crippen molar-refractivity contribution in [3.63, 3.8) is 0 Å². The minimum Gasteiger partial charge on any atom is -0.494 e. The van der Waals surface area contributed by atoms with E-state index >= 15 is 0 Å². The van der Waals surface area contributed by atoms with Gasteiger partial charge in [-0.2, -0.15) is 17.6 Å². The Kier molecular flexibility index (Phi) is 20.2. The summed E-state index contributed by atoms with van der Waals surface area (Å²) in [5.74, 6) is -4.57. The highest BCUT2D eigenvalue weighted by atomic mass is 19.4. The maximum atomic E-state index is 13.0. The van der Waals surface area contributed by atoms with Crippen LogP contribution in [0.25, 0.3) is 0 Å². The molecule has 1 aliphatic rings. The second-order valence-electron chi connectivity index (χ2n) is 8.47. The first-order valence-corrected chi connectivity index (χ1v) is 13.1. The van der Waals surface area contributed by atoms with Crippen molar-refractivity contribution in [2.24, 2.45) is 5.73 Å². The third-order valence-electron chi connectivity index (χ3n) is 4.99. The van der Waals surface area contributed by atoms with Crippen molar-refractivity contribution >= 4 is 0 Å². The molecule has 2 rings (SSSR count). The summed E-state index contributed by atoms with van der Waals surface area (Å²) in [5, 5.41) is 9.35. The van der Waals surface area contributed by atoms with E-state index in [1.165, 1.54) is 75.1 Å². The van der Waals surface area contributed by atoms with E-state index in [0.29, 0.717) is 11.1 Å². The van der Waals surface area contributed by atoms with E-state index in [9.17, 15) is 35.8 Å². The number of nitrogens with two attached hydrogens (primary N) is 1. The highest BCUT2D eigenvalue weighted by molar-refractivity contribution is 5.40. The molecule has 0 saturated carbocycles. The normalized spacial score (nSPS) is 15.0. The largest absolute Gasteiger partial charge is 0.494 e. The molecule has 3 nitrogen and oxygen atoms in total. The van der Waals surface area contributed by atoms with Gasteiger partial charge < -0.3 is 15.6 Å². The maximum absolute atomic E-state index is 13.0. The number of hydrogen-bond donors (Lipinski definition) is 2. The van der Waals surface area contributed by atoms with Gasteiger partial charge in [0, 0.05) is 6.42 Å². The molecule has 1 aromatic rings. The number of benzene rings is 1. The minimum absolute atomic E-state index is 0.244. The van der Waals surface area contributed by atoms with Crippen LogP contribution in [-0.2, 0) is 4.74 Å². The molecule has 10 heteroatoms. The van der Waals surface area contributed by atoms with Crippen LogP contribution in [0.15, 0.2) is 94.6 Å². The number of alkyl halides is 3. The van der Waals surface area contributed by atoms with Crippen LogP contribution in [0.5, 0.6) is 0 Å². The third-order valence-corrected chi connectivity index (χ3v) is 4.99. The molecule has 0 heterocycles. The van der Waals surface area contributed by atoms with Gasteiger partial charge in [0.2, 0.25) is 5.83 Å². The first-order chi connectivity index (χ1) is 19.2. The Morgan fingerprint density at radius 2 is 1.51 bits per heavy atom. The molecule has 0 amide bonds. The van der Waals surface area contributed by atoms with Crippen molar-refractivity contribution in [3.8, 4) is 0 Å². The topological polar surface area (TPSA) is 55.5 Å². The van der Waals surface area contributed by atoms with Gasteiger partial charge in [-0.15, -0.1) is 0 Å². The van der Waals surface area contributed by atoms with Gasteiger partial charge in [0.25, 0.3) is 0 Å². The zero-order valence-electron chi connectivity index (χ0n) is 24.8. The van der Waals surface area contributed by atoms with Gasteiger partial charge in [-0.25, -0.2) is 13.2 Å². The molecule has 232 valence electrons. The zero-order valence-corrected chi connectivity index (χ0v) is 24.8. The lowest BCUT2D eigenvalue weighted by molar-refractivity contribution is -0.190. The number of aliphatic hydroxyl groups excluding tert-OH is 1. The summed E-state index contributed by atoms with van der Waals surface area (Å²) >= 11 is 0. The number of ether oxygens (including phenoxy) is 1. The quantitative estimate of drug-likeness (QED) is 0.255. The van der Waals surface area contributed by atoms with Gasteiger partial charge in [0.15, 0.2) is 17.7 Å². The number of halogens is 7. The molecule has 1 aliphatic carbocycles. The number of allylic oxidation sites excluding steroid dienone is 7. The van der Waals surface area contributed by atoms with Crippen molar-refractivity contribution in [2.45, 2.75) is 79.6 Å². The predicted octanol–water partition coefficient (Wildman–Crippen LogP) is 9.95.